The molecule has 1 heterocycles. The molecule has 7 heteroatoms. The summed E-state index contributed by atoms with van der Waals surface area (Å²) in [5.74, 6) is -1.69. The van der Waals surface area contributed by atoms with Gasteiger partial charge in [0.1, 0.15) is 0 Å². The number of hydrazine groups is 1. The first kappa shape index (κ1) is 14.2. The summed E-state index contributed by atoms with van der Waals surface area (Å²) in [6, 6.07) is 9.02. The van der Waals surface area contributed by atoms with E-state index in [0.29, 0.717) is 5.56 Å². The zero-order chi connectivity index (χ0) is 15.2. The zero-order valence-corrected chi connectivity index (χ0v) is 10.9. The van der Waals surface area contributed by atoms with Crippen LogP contribution in [-0.2, 0) is 0 Å². The number of primary amides is 1. The summed E-state index contributed by atoms with van der Waals surface area (Å²) in [6.45, 7) is 0. The Labute approximate surface area is 120 Å². The predicted octanol–water partition coefficient (Wildman–Crippen LogP) is 0.255. The first-order valence-corrected chi connectivity index (χ1v) is 5.98. The molecule has 0 saturated carbocycles. The standard InChI is InChI=1S/C14H12N4O3/c15-12(19)9-3-1-4-10(7-9)13(20)17-18-14(21)11-5-2-6-16-8-11/h1-8H,(H2,15,19)(H,17,20)(H,18,21). The van der Waals surface area contributed by atoms with Crippen molar-refractivity contribution < 1.29 is 14.4 Å². The third kappa shape index (κ3) is 3.63. The van der Waals surface area contributed by atoms with Crippen LogP contribution in [0.15, 0.2) is 48.8 Å². The van der Waals surface area contributed by atoms with Crippen LogP contribution in [0.4, 0.5) is 0 Å². The highest BCUT2D eigenvalue weighted by atomic mass is 16.2. The van der Waals surface area contributed by atoms with Crippen molar-refractivity contribution in [2.45, 2.75) is 0 Å². The summed E-state index contributed by atoms with van der Waals surface area (Å²) in [5.41, 5.74) is 10.4. The first-order chi connectivity index (χ1) is 10.1. The second kappa shape index (κ2) is 6.29. The molecule has 3 amide bonds. The average molecular weight is 284 g/mol. The number of hydrogen-bond acceptors (Lipinski definition) is 4. The van der Waals surface area contributed by atoms with Gasteiger partial charge in [-0.2, -0.15) is 0 Å². The lowest BCUT2D eigenvalue weighted by molar-refractivity contribution is 0.0846. The quantitative estimate of drug-likeness (QED) is 0.701. The highest BCUT2D eigenvalue weighted by Gasteiger charge is 2.10. The molecule has 1 aromatic carbocycles. The lowest BCUT2D eigenvalue weighted by Crippen LogP contribution is -2.41. The van der Waals surface area contributed by atoms with E-state index in [0.717, 1.165) is 0 Å². The second-order valence-corrected chi connectivity index (χ2v) is 4.10. The van der Waals surface area contributed by atoms with E-state index in [9.17, 15) is 14.4 Å². The number of pyridine rings is 1. The largest absolute Gasteiger partial charge is 0.366 e. The van der Waals surface area contributed by atoms with Crippen molar-refractivity contribution in [3.63, 3.8) is 0 Å². The van der Waals surface area contributed by atoms with Crippen molar-refractivity contribution >= 4 is 17.7 Å². The summed E-state index contributed by atoms with van der Waals surface area (Å²) >= 11 is 0. The van der Waals surface area contributed by atoms with E-state index in [-0.39, 0.29) is 11.1 Å². The van der Waals surface area contributed by atoms with Crippen LogP contribution in [0.25, 0.3) is 0 Å². The minimum atomic E-state index is -0.635. The zero-order valence-electron chi connectivity index (χ0n) is 10.9. The van der Waals surface area contributed by atoms with Crippen molar-refractivity contribution in [1.29, 1.82) is 0 Å². The first-order valence-electron chi connectivity index (χ1n) is 5.98. The molecule has 0 bridgehead atoms. The Hall–Kier alpha value is -3.22. The van der Waals surface area contributed by atoms with Crippen molar-refractivity contribution in [3.05, 3.63) is 65.5 Å². The fourth-order valence-electron chi connectivity index (χ4n) is 1.57. The molecule has 21 heavy (non-hydrogen) atoms. The van der Waals surface area contributed by atoms with Crippen molar-refractivity contribution in [2.24, 2.45) is 5.73 Å². The van der Waals surface area contributed by atoms with Crippen molar-refractivity contribution in [3.8, 4) is 0 Å². The van der Waals surface area contributed by atoms with Crippen LogP contribution < -0.4 is 16.6 Å². The molecule has 2 rings (SSSR count). The van der Waals surface area contributed by atoms with Gasteiger partial charge in [0, 0.05) is 23.5 Å². The highest BCUT2D eigenvalue weighted by Crippen LogP contribution is 2.04. The van der Waals surface area contributed by atoms with E-state index in [1.807, 2.05) is 0 Å². The molecule has 106 valence electrons. The Kier molecular flexibility index (Phi) is 4.25. The Morgan fingerprint density at radius 3 is 2.14 bits per heavy atom. The van der Waals surface area contributed by atoms with Gasteiger partial charge in [-0.25, -0.2) is 0 Å². The molecule has 0 aliphatic carbocycles. The monoisotopic (exact) mass is 284 g/mol. The fourth-order valence-corrected chi connectivity index (χ4v) is 1.57. The van der Waals surface area contributed by atoms with Gasteiger partial charge in [-0.15, -0.1) is 0 Å². The number of nitrogens with two attached hydrogens (primary N) is 1. The van der Waals surface area contributed by atoms with E-state index < -0.39 is 17.7 Å². The molecule has 2 aromatic rings. The second-order valence-electron chi connectivity index (χ2n) is 4.10. The van der Waals surface area contributed by atoms with Crippen LogP contribution in [0.3, 0.4) is 0 Å². The maximum absolute atomic E-state index is 11.9. The number of nitrogens with zero attached hydrogens (tertiary/aromatic N) is 1. The lowest BCUT2D eigenvalue weighted by atomic mass is 10.1. The molecule has 1 aromatic heterocycles. The SMILES string of the molecule is NC(=O)c1cccc(C(=O)NNC(=O)c2cccnc2)c1. The number of nitrogens with one attached hydrogen (secondary N) is 2. The van der Waals surface area contributed by atoms with Gasteiger partial charge in [-0.1, -0.05) is 6.07 Å². The summed E-state index contributed by atoms with van der Waals surface area (Å²) < 4.78 is 0. The van der Waals surface area contributed by atoms with E-state index in [1.54, 1.807) is 12.1 Å². The lowest BCUT2D eigenvalue weighted by Gasteiger charge is -2.07. The van der Waals surface area contributed by atoms with Gasteiger partial charge in [-0.3, -0.25) is 30.2 Å². The smallest absolute Gasteiger partial charge is 0.271 e. The van der Waals surface area contributed by atoms with Crippen LogP contribution in [0, 0.1) is 0 Å². The maximum Gasteiger partial charge on any atom is 0.271 e. The van der Waals surface area contributed by atoms with Crippen LogP contribution in [0.2, 0.25) is 0 Å². The summed E-state index contributed by atoms with van der Waals surface area (Å²) in [5, 5.41) is 0. The number of carbonyl (C=O) groups is 3. The van der Waals surface area contributed by atoms with Gasteiger partial charge in [0.05, 0.1) is 5.56 Å². The predicted molar refractivity (Wildman–Crippen MR) is 74.1 cm³/mol. The third-order valence-electron chi connectivity index (χ3n) is 2.62. The molecule has 0 radical (unpaired) electrons. The number of carbonyl (C=O) groups excluding carboxylic acids is 3. The van der Waals surface area contributed by atoms with E-state index in [4.69, 9.17) is 5.73 Å². The van der Waals surface area contributed by atoms with Gasteiger partial charge in [-0.05, 0) is 30.3 Å². The Morgan fingerprint density at radius 2 is 1.52 bits per heavy atom. The van der Waals surface area contributed by atoms with Crippen molar-refractivity contribution in [1.82, 2.24) is 15.8 Å². The van der Waals surface area contributed by atoms with Gasteiger partial charge >= 0.3 is 0 Å². The van der Waals surface area contributed by atoms with Crippen molar-refractivity contribution in [2.75, 3.05) is 0 Å². The normalized spacial score (nSPS) is 9.71. The van der Waals surface area contributed by atoms with E-state index in [2.05, 4.69) is 15.8 Å². The maximum atomic E-state index is 11.9. The molecule has 0 unspecified atom stereocenters. The number of rotatable bonds is 3. The molecule has 7 nitrogen and oxygen atoms in total. The van der Waals surface area contributed by atoms with Gasteiger partial charge in [0.15, 0.2) is 0 Å². The molecular formula is C14H12N4O3. The minimum absolute atomic E-state index is 0.206. The molecule has 0 saturated heterocycles. The van der Waals surface area contributed by atoms with Crippen LogP contribution in [0.1, 0.15) is 31.1 Å². The Morgan fingerprint density at radius 1 is 0.905 bits per heavy atom. The summed E-state index contributed by atoms with van der Waals surface area (Å²) in [7, 11) is 0. The Bertz CT molecular complexity index is 686. The minimum Gasteiger partial charge on any atom is -0.366 e. The topological polar surface area (TPSA) is 114 Å². The number of benzene rings is 1. The highest BCUT2D eigenvalue weighted by molar-refractivity contribution is 6.01. The van der Waals surface area contributed by atoms with Gasteiger partial charge in [0.25, 0.3) is 11.8 Å². The molecule has 4 N–H and O–H groups in total. The van der Waals surface area contributed by atoms with Gasteiger partial charge < -0.3 is 5.73 Å². The number of amides is 3. The Balaban J connectivity index is 2.01. The molecule has 0 spiro atoms. The van der Waals surface area contributed by atoms with E-state index in [1.165, 1.54) is 36.7 Å². The number of hydrogen-bond donors (Lipinski definition) is 3. The van der Waals surface area contributed by atoms with Gasteiger partial charge in [0.2, 0.25) is 5.91 Å². The molecular weight excluding hydrogens is 272 g/mol. The fraction of sp³-hybridized carbons (Fsp3) is 0. The molecule has 0 aliphatic rings. The molecule has 0 aliphatic heterocycles. The van der Waals surface area contributed by atoms with Crippen LogP contribution >= 0.6 is 0 Å². The number of aromatic nitrogens is 1. The molecule has 0 fully saturated rings. The van der Waals surface area contributed by atoms with Crippen LogP contribution in [0.5, 0.6) is 0 Å². The summed E-state index contributed by atoms with van der Waals surface area (Å²) in [6.07, 6.45) is 2.90. The van der Waals surface area contributed by atoms with E-state index >= 15 is 0 Å². The molecule has 0 atom stereocenters. The van der Waals surface area contributed by atoms with Crippen LogP contribution in [-0.4, -0.2) is 22.7 Å². The summed E-state index contributed by atoms with van der Waals surface area (Å²) in [4.78, 5) is 38.4. The average Bonchev–Trinajstić information content (AvgIpc) is 2.53. The third-order valence-corrected chi connectivity index (χ3v) is 2.62.